The van der Waals surface area contributed by atoms with Crippen LogP contribution in [0.1, 0.15) is 6.42 Å². The highest BCUT2D eigenvalue weighted by atomic mass is 16.5. The van der Waals surface area contributed by atoms with Crippen molar-refractivity contribution in [2.24, 2.45) is 0 Å². The van der Waals surface area contributed by atoms with Crippen molar-refractivity contribution in [1.82, 2.24) is 0 Å². The third-order valence-corrected chi connectivity index (χ3v) is 1.80. The lowest BCUT2D eigenvalue weighted by atomic mass is 10.0. The zero-order valence-corrected chi connectivity index (χ0v) is 6.56. The standard InChI is InChI=1S/C7H14O4/c1-10-3-5-2-6(8)7(9)4-11-5/h5-9H,2-4H2,1H3/t5?,6?,7-/m0/s1. The van der Waals surface area contributed by atoms with E-state index >= 15 is 0 Å². The molecular weight excluding hydrogens is 148 g/mol. The second-order valence-electron chi connectivity index (χ2n) is 2.78. The molecule has 0 aliphatic carbocycles. The fraction of sp³-hybridized carbons (Fsp3) is 1.00. The van der Waals surface area contributed by atoms with Crippen molar-refractivity contribution < 1.29 is 19.7 Å². The third kappa shape index (κ3) is 2.41. The maximum atomic E-state index is 9.19. The molecule has 11 heavy (non-hydrogen) atoms. The first kappa shape index (κ1) is 8.93. The van der Waals surface area contributed by atoms with Gasteiger partial charge in [0.15, 0.2) is 0 Å². The van der Waals surface area contributed by atoms with Crippen molar-refractivity contribution in [3.05, 3.63) is 0 Å². The zero-order chi connectivity index (χ0) is 8.27. The van der Waals surface area contributed by atoms with Crippen molar-refractivity contribution >= 4 is 0 Å². The topological polar surface area (TPSA) is 58.9 Å². The summed E-state index contributed by atoms with van der Waals surface area (Å²) in [6.07, 6.45) is -1.01. The van der Waals surface area contributed by atoms with Gasteiger partial charge < -0.3 is 19.7 Å². The SMILES string of the molecule is COCC1CC(O)[C@@H](O)CO1. The average molecular weight is 162 g/mol. The molecule has 0 saturated carbocycles. The van der Waals surface area contributed by atoms with Gasteiger partial charge in [-0.1, -0.05) is 0 Å². The molecule has 2 N–H and O–H groups in total. The summed E-state index contributed by atoms with van der Waals surface area (Å²) >= 11 is 0. The average Bonchev–Trinajstić information content (AvgIpc) is 1.98. The van der Waals surface area contributed by atoms with Gasteiger partial charge in [-0.25, -0.2) is 0 Å². The van der Waals surface area contributed by atoms with E-state index < -0.39 is 12.2 Å². The Morgan fingerprint density at radius 3 is 2.73 bits per heavy atom. The highest BCUT2D eigenvalue weighted by molar-refractivity contribution is 4.77. The summed E-state index contributed by atoms with van der Waals surface area (Å²) in [4.78, 5) is 0. The van der Waals surface area contributed by atoms with Gasteiger partial charge in [-0.15, -0.1) is 0 Å². The molecule has 1 saturated heterocycles. The number of hydrogen-bond acceptors (Lipinski definition) is 4. The van der Waals surface area contributed by atoms with E-state index in [4.69, 9.17) is 14.6 Å². The quantitative estimate of drug-likeness (QED) is 0.555. The Balaban J connectivity index is 2.28. The summed E-state index contributed by atoms with van der Waals surface area (Å²) in [6.45, 7) is 0.680. The van der Waals surface area contributed by atoms with E-state index in [1.54, 1.807) is 7.11 Å². The predicted molar refractivity (Wildman–Crippen MR) is 38.2 cm³/mol. The van der Waals surface area contributed by atoms with Crippen LogP contribution in [0.2, 0.25) is 0 Å². The molecule has 4 heteroatoms. The second-order valence-corrected chi connectivity index (χ2v) is 2.78. The first-order valence-electron chi connectivity index (χ1n) is 3.70. The van der Waals surface area contributed by atoms with E-state index in [-0.39, 0.29) is 12.7 Å². The molecule has 0 spiro atoms. The van der Waals surface area contributed by atoms with Crippen LogP contribution in [0.15, 0.2) is 0 Å². The third-order valence-electron chi connectivity index (χ3n) is 1.80. The molecule has 4 nitrogen and oxygen atoms in total. The highest BCUT2D eigenvalue weighted by Gasteiger charge is 2.27. The predicted octanol–water partition coefficient (Wildman–Crippen LogP) is -0.857. The van der Waals surface area contributed by atoms with Crippen molar-refractivity contribution in [3.8, 4) is 0 Å². The Morgan fingerprint density at radius 2 is 2.18 bits per heavy atom. The lowest BCUT2D eigenvalue weighted by molar-refractivity contribution is -0.134. The molecule has 1 fully saturated rings. The van der Waals surface area contributed by atoms with Gasteiger partial charge in [0.25, 0.3) is 0 Å². The van der Waals surface area contributed by atoms with Gasteiger partial charge >= 0.3 is 0 Å². The molecule has 0 aromatic heterocycles. The van der Waals surface area contributed by atoms with Crippen LogP contribution >= 0.6 is 0 Å². The summed E-state index contributed by atoms with van der Waals surface area (Å²) in [5.74, 6) is 0. The van der Waals surface area contributed by atoms with E-state index in [1.165, 1.54) is 0 Å². The highest BCUT2D eigenvalue weighted by Crippen LogP contribution is 2.14. The summed E-state index contributed by atoms with van der Waals surface area (Å²) in [6, 6.07) is 0. The van der Waals surface area contributed by atoms with Crippen LogP contribution in [-0.2, 0) is 9.47 Å². The van der Waals surface area contributed by atoms with Crippen molar-refractivity contribution in [3.63, 3.8) is 0 Å². The first-order valence-corrected chi connectivity index (χ1v) is 3.70. The Kier molecular flexibility index (Phi) is 3.26. The van der Waals surface area contributed by atoms with Crippen LogP contribution in [-0.4, -0.2) is 48.8 Å². The largest absolute Gasteiger partial charge is 0.390 e. The lowest BCUT2D eigenvalue weighted by Gasteiger charge is -2.29. The summed E-state index contributed by atoms with van der Waals surface area (Å²) in [5, 5.41) is 18.2. The number of aliphatic hydroxyl groups is 2. The molecular formula is C7H14O4. The van der Waals surface area contributed by atoms with Crippen LogP contribution in [0.5, 0.6) is 0 Å². The molecule has 0 aromatic rings. The molecule has 0 aromatic carbocycles. The van der Waals surface area contributed by atoms with Gasteiger partial charge in [-0.2, -0.15) is 0 Å². The van der Waals surface area contributed by atoms with Gasteiger partial charge in [0.05, 0.1) is 25.4 Å². The minimum Gasteiger partial charge on any atom is -0.390 e. The van der Waals surface area contributed by atoms with Crippen LogP contribution in [0, 0.1) is 0 Å². The summed E-state index contributed by atoms with van der Waals surface area (Å²) in [7, 11) is 1.58. The number of methoxy groups -OCH3 is 1. The molecule has 0 amide bonds. The van der Waals surface area contributed by atoms with E-state index in [0.717, 1.165) is 0 Å². The van der Waals surface area contributed by atoms with Gasteiger partial charge in [0.1, 0.15) is 6.10 Å². The maximum absolute atomic E-state index is 9.19. The molecule has 1 heterocycles. The van der Waals surface area contributed by atoms with Crippen LogP contribution in [0.4, 0.5) is 0 Å². The Hall–Kier alpha value is -0.160. The molecule has 66 valence electrons. The fourth-order valence-corrected chi connectivity index (χ4v) is 1.14. The smallest absolute Gasteiger partial charge is 0.103 e. The van der Waals surface area contributed by atoms with E-state index in [1.807, 2.05) is 0 Å². The monoisotopic (exact) mass is 162 g/mol. The molecule has 0 radical (unpaired) electrons. The second kappa shape index (κ2) is 4.01. The minimum atomic E-state index is -0.733. The van der Waals surface area contributed by atoms with Crippen LogP contribution in [0.25, 0.3) is 0 Å². The molecule has 1 rings (SSSR count). The van der Waals surface area contributed by atoms with Crippen LogP contribution in [0.3, 0.4) is 0 Å². The van der Waals surface area contributed by atoms with Gasteiger partial charge in [0, 0.05) is 13.5 Å². The molecule has 3 atom stereocenters. The van der Waals surface area contributed by atoms with E-state index in [0.29, 0.717) is 13.0 Å². The van der Waals surface area contributed by atoms with Gasteiger partial charge in [-0.3, -0.25) is 0 Å². The molecule has 0 bridgehead atoms. The Bertz CT molecular complexity index is 117. The zero-order valence-electron chi connectivity index (χ0n) is 6.56. The van der Waals surface area contributed by atoms with Gasteiger partial charge in [0.2, 0.25) is 0 Å². The first-order chi connectivity index (χ1) is 5.24. The van der Waals surface area contributed by atoms with Crippen molar-refractivity contribution in [2.75, 3.05) is 20.3 Å². The van der Waals surface area contributed by atoms with Crippen molar-refractivity contribution in [2.45, 2.75) is 24.7 Å². The van der Waals surface area contributed by atoms with Crippen molar-refractivity contribution in [1.29, 1.82) is 0 Å². The van der Waals surface area contributed by atoms with E-state index in [9.17, 15) is 5.11 Å². The molecule has 1 aliphatic heterocycles. The minimum absolute atomic E-state index is 0.0709. The Labute approximate surface area is 65.7 Å². The number of rotatable bonds is 2. The number of aliphatic hydroxyl groups excluding tert-OH is 2. The fourth-order valence-electron chi connectivity index (χ4n) is 1.14. The van der Waals surface area contributed by atoms with Gasteiger partial charge in [-0.05, 0) is 0 Å². The Morgan fingerprint density at radius 1 is 1.45 bits per heavy atom. The summed E-state index contributed by atoms with van der Waals surface area (Å²) < 4.78 is 10.0. The molecule has 2 unspecified atom stereocenters. The maximum Gasteiger partial charge on any atom is 0.103 e. The number of hydrogen-bond donors (Lipinski definition) is 2. The molecule has 1 aliphatic rings. The summed E-state index contributed by atoms with van der Waals surface area (Å²) in [5.41, 5.74) is 0. The normalized spacial score (nSPS) is 39.0. The van der Waals surface area contributed by atoms with E-state index in [2.05, 4.69) is 0 Å². The lowest BCUT2D eigenvalue weighted by Crippen LogP contribution is -2.42. The van der Waals surface area contributed by atoms with Crippen LogP contribution < -0.4 is 0 Å². The number of ether oxygens (including phenoxy) is 2.